The van der Waals surface area contributed by atoms with Crippen molar-refractivity contribution in [1.82, 2.24) is 0 Å². The number of rotatable bonds is 4. The largest absolute Gasteiger partial charge is 0.338 e. The van der Waals surface area contributed by atoms with Crippen LogP contribution in [0.2, 0.25) is 0 Å². The van der Waals surface area contributed by atoms with Crippen molar-refractivity contribution in [2.45, 2.75) is 64.8 Å². The molecule has 0 unspecified atom stereocenters. The van der Waals surface area contributed by atoms with Crippen LogP contribution in [0.4, 0.5) is 11.4 Å². The summed E-state index contributed by atoms with van der Waals surface area (Å²) < 4.78 is 0. The van der Waals surface area contributed by atoms with Gasteiger partial charge in [-0.3, -0.25) is 0 Å². The first-order valence-corrected chi connectivity index (χ1v) is 11.0. The van der Waals surface area contributed by atoms with Gasteiger partial charge in [-0.1, -0.05) is 43.7 Å². The second-order valence-electron chi connectivity index (χ2n) is 9.87. The zero-order valence-corrected chi connectivity index (χ0v) is 17.1. The van der Waals surface area contributed by atoms with E-state index >= 15 is 0 Å². The van der Waals surface area contributed by atoms with Gasteiger partial charge in [-0.25, -0.2) is 0 Å². The van der Waals surface area contributed by atoms with E-state index in [0.29, 0.717) is 12.0 Å². The monoisotopic (exact) mass is 359 g/mol. The molecule has 2 aromatic carbocycles. The summed E-state index contributed by atoms with van der Waals surface area (Å²) in [6, 6.07) is 19.4. The Bertz CT molecular complexity index is 758. The molecule has 6 rings (SSSR count). The highest BCUT2D eigenvalue weighted by Gasteiger charge is 2.50. The summed E-state index contributed by atoms with van der Waals surface area (Å²) in [7, 11) is 0. The van der Waals surface area contributed by atoms with Crippen molar-refractivity contribution in [2.24, 2.45) is 23.7 Å². The van der Waals surface area contributed by atoms with Crippen LogP contribution in [-0.4, -0.2) is 6.04 Å². The van der Waals surface area contributed by atoms with Crippen molar-refractivity contribution in [3.63, 3.8) is 0 Å². The van der Waals surface area contributed by atoms with Crippen molar-refractivity contribution < 1.29 is 0 Å². The second kappa shape index (κ2) is 6.69. The SMILES string of the molecule is Cc1ccc(N(c2ccc(C(C)C)cc2)C2C3CC4CC(C3)CC2C4)cc1. The quantitative estimate of drug-likeness (QED) is 0.563. The highest BCUT2D eigenvalue weighted by molar-refractivity contribution is 5.65. The third-order valence-electron chi connectivity index (χ3n) is 7.63. The highest BCUT2D eigenvalue weighted by atomic mass is 15.2. The van der Waals surface area contributed by atoms with Crippen molar-refractivity contribution >= 4 is 11.4 Å². The van der Waals surface area contributed by atoms with Crippen LogP contribution in [0.25, 0.3) is 0 Å². The van der Waals surface area contributed by atoms with Gasteiger partial charge in [0.1, 0.15) is 0 Å². The van der Waals surface area contributed by atoms with Crippen LogP contribution in [0.3, 0.4) is 0 Å². The minimum absolute atomic E-state index is 0.591. The molecule has 1 nitrogen and oxygen atoms in total. The van der Waals surface area contributed by atoms with Gasteiger partial charge in [0.05, 0.1) is 0 Å². The van der Waals surface area contributed by atoms with Crippen LogP contribution in [0, 0.1) is 30.6 Å². The molecule has 4 aliphatic rings. The van der Waals surface area contributed by atoms with Crippen molar-refractivity contribution in [2.75, 3.05) is 4.90 Å². The lowest BCUT2D eigenvalue weighted by molar-refractivity contribution is 0.000529. The van der Waals surface area contributed by atoms with Crippen LogP contribution in [0.15, 0.2) is 48.5 Å². The van der Waals surface area contributed by atoms with Crippen molar-refractivity contribution in [3.05, 3.63) is 59.7 Å². The molecule has 0 spiro atoms. The summed E-state index contributed by atoms with van der Waals surface area (Å²) in [6.45, 7) is 6.75. The summed E-state index contributed by atoms with van der Waals surface area (Å²) in [4.78, 5) is 2.72. The Labute approximate surface area is 164 Å². The van der Waals surface area contributed by atoms with Gasteiger partial charge in [0, 0.05) is 17.4 Å². The number of nitrogens with zero attached hydrogens (tertiary/aromatic N) is 1. The Kier molecular flexibility index (Phi) is 4.30. The minimum Gasteiger partial charge on any atom is -0.338 e. The van der Waals surface area contributed by atoms with E-state index in [1.165, 1.54) is 54.6 Å². The molecule has 0 heterocycles. The molecule has 0 atom stereocenters. The maximum Gasteiger partial charge on any atom is 0.0413 e. The fourth-order valence-electron chi connectivity index (χ4n) is 6.54. The van der Waals surface area contributed by atoms with E-state index in [1.54, 1.807) is 0 Å². The van der Waals surface area contributed by atoms with Crippen molar-refractivity contribution in [1.29, 1.82) is 0 Å². The van der Waals surface area contributed by atoms with Crippen LogP contribution >= 0.6 is 0 Å². The first kappa shape index (κ1) is 17.3. The molecule has 4 bridgehead atoms. The van der Waals surface area contributed by atoms with E-state index < -0.39 is 0 Å². The maximum atomic E-state index is 2.72. The minimum atomic E-state index is 0.591. The normalized spacial score (nSPS) is 31.5. The highest BCUT2D eigenvalue weighted by Crippen LogP contribution is 2.56. The Morgan fingerprint density at radius 3 is 1.67 bits per heavy atom. The first-order chi connectivity index (χ1) is 13.1. The molecule has 4 aliphatic carbocycles. The lowest BCUT2D eigenvalue weighted by Crippen LogP contribution is -2.54. The van der Waals surface area contributed by atoms with E-state index in [0.717, 1.165) is 23.7 Å². The van der Waals surface area contributed by atoms with Gasteiger partial charge in [-0.2, -0.15) is 0 Å². The number of benzene rings is 2. The van der Waals surface area contributed by atoms with E-state index in [4.69, 9.17) is 0 Å². The topological polar surface area (TPSA) is 3.24 Å². The molecule has 4 saturated carbocycles. The molecular weight excluding hydrogens is 326 g/mol. The molecular formula is C26H33N. The third kappa shape index (κ3) is 3.10. The van der Waals surface area contributed by atoms with Gasteiger partial charge in [-0.15, -0.1) is 0 Å². The number of anilines is 2. The number of hydrogen-bond acceptors (Lipinski definition) is 1. The van der Waals surface area contributed by atoms with Gasteiger partial charge in [0.2, 0.25) is 0 Å². The van der Waals surface area contributed by atoms with Crippen LogP contribution < -0.4 is 4.90 Å². The lowest BCUT2D eigenvalue weighted by Gasteiger charge is -2.57. The zero-order chi connectivity index (χ0) is 18.5. The summed E-state index contributed by atoms with van der Waals surface area (Å²) in [5.74, 6) is 4.39. The molecule has 2 aromatic rings. The first-order valence-electron chi connectivity index (χ1n) is 11.0. The van der Waals surface area contributed by atoms with Gasteiger partial charge in [0.25, 0.3) is 0 Å². The molecule has 142 valence electrons. The molecule has 0 aromatic heterocycles. The van der Waals surface area contributed by atoms with Gasteiger partial charge in [-0.05, 0) is 98.4 Å². The fraction of sp³-hybridized carbons (Fsp3) is 0.538. The summed E-state index contributed by atoms with van der Waals surface area (Å²) in [5.41, 5.74) is 5.56. The molecule has 4 fully saturated rings. The molecule has 27 heavy (non-hydrogen) atoms. The molecule has 0 amide bonds. The predicted octanol–water partition coefficient (Wildman–Crippen LogP) is 7.08. The maximum absolute atomic E-state index is 2.72. The van der Waals surface area contributed by atoms with Crippen LogP contribution in [-0.2, 0) is 0 Å². The fourth-order valence-corrected chi connectivity index (χ4v) is 6.54. The van der Waals surface area contributed by atoms with E-state index in [-0.39, 0.29) is 0 Å². The molecule has 0 N–H and O–H groups in total. The Morgan fingerprint density at radius 2 is 1.19 bits per heavy atom. The third-order valence-corrected chi connectivity index (χ3v) is 7.63. The van der Waals surface area contributed by atoms with Gasteiger partial charge in [0.15, 0.2) is 0 Å². The second-order valence-corrected chi connectivity index (χ2v) is 9.87. The molecule has 1 heteroatoms. The van der Waals surface area contributed by atoms with Crippen LogP contribution in [0.5, 0.6) is 0 Å². The van der Waals surface area contributed by atoms with Gasteiger partial charge >= 0.3 is 0 Å². The standard InChI is InChI=1S/C26H33N/c1-17(2)21-6-10-25(11-7-21)27(24-8-4-18(3)5-9-24)26-22-13-19-12-20(15-22)16-23(26)14-19/h4-11,17,19-20,22-23,26H,12-16H2,1-3H3. The summed E-state index contributed by atoms with van der Waals surface area (Å²) in [5, 5.41) is 0. The van der Waals surface area contributed by atoms with E-state index in [9.17, 15) is 0 Å². The Balaban J connectivity index is 1.55. The smallest absolute Gasteiger partial charge is 0.0413 e. The average Bonchev–Trinajstić information content (AvgIpc) is 2.65. The Morgan fingerprint density at radius 1 is 0.704 bits per heavy atom. The zero-order valence-electron chi connectivity index (χ0n) is 17.1. The summed E-state index contributed by atoms with van der Waals surface area (Å²) in [6.07, 6.45) is 7.37. The number of aryl methyl sites for hydroxylation is 1. The predicted molar refractivity (Wildman–Crippen MR) is 115 cm³/mol. The van der Waals surface area contributed by atoms with E-state index in [1.807, 2.05) is 0 Å². The lowest BCUT2D eigenvalue weighted by atomic mass is 9.53. The summed E-state index contributed by atoms with van der Waals surface area (Å²) >= 11 is 0. The Hall–Kier alpha value is -1.76. The van der Waals surface area contributed by atoms with Crippen molar-refractivity contribution in [3.8, 4) is 0 Å². The molecule has 0 saturated heterocycles. The van der Waals surface area contributed by atoms with E-state index in [2.05, 4.69) is 74.2 Å². The van der Waals surface area contributed by atoms with Gasteiger partial charge < -0.3 is 4.90 Å². The van der Waals surface area contributed by atoms with Crippen LogP contribution in [0.1, 0.15) is 63.0 Å². The molecule has 0 aliphatic heterocycles. The average molecular weight is 360 g/mol. The molecule has 0 radical (unpaired) electrons. The number of hydrogen-bond donors (Lipinski definition) is 0.